The summed E-state index contributed by atoms with van der Waals surface area (Å²) < 4.78 is 28.6. The van der Waals surface area contributed by atoms with Crippen molar-refractivity contribution in [3.05, 3.63) is 53.6 Å². The number of nitrogens with one attached hydrogen (secondary N) is 1. The number of halogens is 2. The van der Waals surface area contributed by atoms with Crippen LogP contribution in [-0.2, 0) is 7.05 Å². The number of amides is 1. The minimum Gasteiger partial charge on any atom is -0.493 e. The van der Waals surface area contributed by atoms with Gasteiger partial charge in [0.05, 0.1) is 18.1 Å². The van der Waals surface area contributed by atoms with Crippen LogP contribution >= 0.6 is 0 Å². The highest BCUT2D eigenvalue weighted by Gasteiger charge is 2.19. The summed E-state index contributed by atoms with van der Waals surface area (Å²) in [7, 11) is 1.62. The van der Waals surface area contributed by atoms with Crippen molar-refractivity contribution in [2.45, 2.75) is 6.92 Å². The van der Waals surface area contributed by atoms with Crippen LogP contribution in [0.4, 0.5) is 14.5 Å². The maximum atomic E-state index is 13.6. The standard InChI is InChI=1S/C16H13F2N5O2/c1-8-3-14(24)20-5-9(8)13-4-12(22-23(13)2)16(25)21-15-10(17)6-19-7-11(15)18/h3-7H,1-2H3,(H,20,24)(H,19,21,25). The van der Waals surface area contributed by atoms with Gasteiger partial charge >= 0.3 is 0 Å². The fraction of sp³-hybridized carbons (Fsp3) is 0.125. The molecule has 0 atom stereocenters. The molecule has 0 bridgehead atoms. The Labute approximate surface area is 141 Å². The molecule has 9 heteroatoms. The molecule has 3 aromatic heterocycles. The molecule has 3 rings (SSSR count). The molecule has 0 aliphatic heterocycles. The summed E-state index contributed by atoms with van der Waals surface area (Å²) in [5.41, 5.74) is 1.34. The Morgan fingerprint density at radius 2 is 1.88 bits per heavy atom. The minimum absolute atomic E-state index is 0.0272. The zero-order chi connectivity index (χ0) is 18.1. The molecule has 7 nitrogen and oxygen atoms in total. The molecule has 0 aliphatic carbocycles. The van der Waals surface area contributed by atoms with Crippen LogP contribution in [0.1, 0.15) is 16.1 Å². The van der Waals surface area contributed by atoms with Crippen LogP contribution in [0.2, 0.25) is 0 Å². The monoisotopic (exact) mass is 345 g/mol. The van der Waals surface area contributed by atoms with E-state index in [1.165, 1.54) is 23.0 Å². The molecule has 3 heterocycles. The summed E-state index contributed by atoms with van der Waals surface area (Å²) in [4.78, 5) is 19.4. The van der Waals surface area contributed by atoms with E-state index in [2.05, 4.69) is 20.4 Å². The maximum absolute atomic E-state index is 13.6. The number of nitrogens with zero attached hydrogens (tertiary/aromatic N) is 4. The number of hydrogen-bond donors (Lipinski definition) is 2. The van der Waals surface area contributed by atoms with E-state index in [0.29, 0.717) is 11.3 Å². The Hall–Kier alpha value is -3.36. The van der Waals surface area contributed by atoms with Gasteiger partial charge in [0.25, 0.3) is 5.91 Å². The first-order chi connectivity index (χ1) is 11.9. The Morgan fingerprint density at radius 3 is 2.52 bits per heavy atom. The number of pyridine rings is 2. The van der Waals surface area contributed by atoms with Gasteiger partial charge in [0.15, 0.2) is 17.3 Å². The van der Waals surface area contributed by atoms with Gasteiger partial charge in [-0.25, -0.2) is 13.8 Å². The SMILES string of the molecule is Cc1cc(O)ncc1-c1cc(C(=O)Nc2c(F)cncc2F)nn1C. The van der Waals surface area contributed by atoms with Crippen molar-refractivity contribution in [3.63, 3.8) is 0 Å². The molecular formula is C16H13F2N5O2. The van der Waals surface area contributed by atoms with Crippen molar-refractivity contribution in [3.8, 4) is 17.1 Å². The molecule has 0 aromatic carbocycles. The number of aryl methyl sites for hydroxylation is 2. The number of aromatic hydroxyl groups is 1. The zero-order valence-corrected chi connectivity index (χ0v) is 13.3. The van der Waals surface area contributed by atoms with Gasteiger partial charge < -0.3 is 10.4 Å². The molecule has 0 fully saturated rings. The topological polar surface area (TPSA) is 92.9 Å². The second-order valence-corrected chi connectivity index (χ2v) is 5.33. The van der Waals surface area contributed by atoms with E-state index in [9.17, 15) is 18.7 Å². The van der Waals surface area contributed by atoms with Crippen LogP contribution in [0.3, 0.4) is 0 Å². The van der Waals surface area contributed by atoms with Crippen molar-refractivity contribution >= 4 is 11.6 Å². The molecule has 0 aliphatic rings. The van der Waals surface area contributed by atoms with E-state index in [4.69, 9.17) is 0 Å². The Balaban J connectivity index is 1.93. The first-order valence-corrected chi connectivity index (χ1v) is 7.17. The number of carbonyl (C=O) groups excluding carboxylic acids is 1. The highest BCUT2D eigenvalue weighted by atomic mass is 19.1. The highest BCUT2D eigenvalue weighted by Crippen LogP contribution is 2.25. The second kappa shape index (κ2) is 6.27. The lowest BCUT2D eigenvalue weighted by Gasteiger charge is -2.05. The molecule has 128 valence electrons. The Morgan fingerprint density at radius 1 is 1.20 bits per heavy atom. The average Bonchev–Trinajstić information content (AvgIpc) is 2.93. The molecule has 3 aromatic rings. The summed E-state index contributed by atoms with van der Waals surface area (Å²) in [5, 5.41) is 15.6. The van der Waals surface area contributed by atoms with Crippen LogP contribution in [0.25, 0.3) is 11.3 Å². The molecule has 0 spiro atoms. The summed E-state index contributed by atoms with van der Waals surface area (Å²) in [5.74, 6) is -2.86. The van der Waals surface area contributed by atoms with Gasteiger partial charge in [0, 0.05) is 24.9 Å². The third-order valence-corrected chi connectivity index (χ3v) is 3.58. The predicted molar refractivity (Wildman–Crippen MR) is 84.9 cm³/mol. The lowest BCUT2D eigenvalue weighted by Crippen LogP contribution is -2.15. The summed E-state index contributed by atoms with van der Waals surface area (Å²) in [6.45, 7) is 1.77. The van der Waals surface area contributed by atoms with Gasteiger partial charge in [-0.3, -0.25) is 14.5 Å². The molecule has 25 heavy (non-hydrogen) atoms. The van der Waals surface area contributed by atoms with E-state index >= 15 is 0 Å². The van der Waals surface area contributed by atoms with Gasteiger partial charge in [0.1, 0.15) is 5.69 Å². The largest absolute Gasteiger partial charge is 0.493 e. The predicted octanol–water partition coefficient (Wildman–Crippen LogP) is 2.42. The summed E-state index contributed by atoms with van der Waals surface area (Å²) in [6.07, 6.45) is 3.05. The Kier molecular flexibility index (Phi) is 4.14. The molecule has 1 amide bonds. The van der Waals surface area contributed by atoms with E-state index < -0.39 is 23.2 Å². The molecule has 2 N–H and O–H groups in total. The number of aromatic nitrogens is 4. The minimum atomic E-state index is -0.983. The summed E-state index contributed by atoms with van der Waals surface area (Å²) in [6, 6.07) is 2.94. The van der Waals surface area contributed by atoms with E-state index in [-0.39, 0.29) is 11.6 Å². The number of hydrogen-bond acceptors (Lipinski definition) is 5. The summed E-state index contributed by atoms with van der Waals surface area (Å²) >= 11 is 0. The van der Waals surface area contributed by atoms with Crippen molar-refractivity contribution in [2.24, 2.45) is 7.05 Å². The normalized spacial score (nSPS) is 10.7. The highest BCUT2D eigenvalue weighted by molar-refractivity contribution is 6.03. The molecule has 0 radical (unpaired) electrons. The lowest BCUT2D eigenvalue weighted by atomic mass is 10.1. The van der Waals surface area contributed by atoms with Crippen LogP contribution < -0.4 is 5.32 Å². The van der Waals surface area contributed by atoms with Crippen LogP contribution in [0.5, 0.6) is 5.88 Å². The second-order valence-electron chi connectivity index (χ2n) is 5.33. The zero-order valence-electron chi connectivity index (χ0n) is 13.3. The number of rotatable bonds is 3. The maximum Gasteiger partial charge on any atom is 0.276 e. The molecule has 0 unspecified atom stereocenters. The van der Waals surface area contributed by atoms with E-state index in [0.717, 1.165) is 18.0 Å². The fourth-order valence-corrected chi connectivity index (χ4v) is 2.35. The first-order valence-electron chi connectivity index (χ1n) is 7.17. The first kappa shape index (κ1) is 16.5. The quantitative estimate of drug-likeness (QED) is 0.760. The van der Waals surface area contributed by atoms with Gasteiger partial charge in [-0.05, 0) is 18.6 Å². The van der Waals surface area contributed by atoms with Gasteiger partial charge in [-0.2, -0.15) is 5.10 Å². The van der Waals surface area contributed by atoms with E-state index in [1.54, 1.807) is 14.0 Å². The van der Waals surface area contributed by atoms with Crippen LogP contribution in [-0.4, -0.2) is 30.8 Å². The third kappa shape index (κ3) is 3.16. The van der Waals surface area contributed by atoms with Gasteiger partial charge in [0.2, 0.25) is 5.88 Å². The molecule has 0 saturated heterocycles. The van der Waals surface area contributed by atoms with Crippen molar-refractivity contribution < 1.29 is 18.7 Å². The van der Waals surface area contributed by atoms with Gasteiger partial charge in [-0.15, -0.1) is 0 Å². The van der Waals surface area contributed by atoms with Crippen molar-refractivity contribution in [1.82, 2.24) is 19.7 Å². The Bertz CT molecular complexity index is 951. The molecule has 0 saturated carbocycles. The smallest absolute Gasteiger partial charge is 0.276 e. The number of carbonyl (C=O) groups is 1. The van der Waals surface area contributed by atoms with Crippen molar-refractivity contribution in [2.75, 3.05) is 5.32 Å². The van der Waals surface area contributed by atoms with Crippen LogP contribution in [0.15, 0.2) is 30.7 Å². The number of anilines is 1. The lowest BCUT2D eigenvalue weighted by molar-refractivity contribution is 0.102. The van der Waals surface area contributed by atoms with Crippen molar-refractivity contribution in [1.29, 1.82) is 0 Å². The average molecular weight is 345 g/mol. The van der Waals surface area contributed by atoms with E-state index in [1.807, 2.05) is 0 Å². The third-order valence-electron chi connectivity index (χ3n) is 3.58. The van der Waals surface area contributed by atoms with Crippen LogP contribution in [0, 0.1) is 18.6 Å². The van der Waals surface area contributed by atoms with Gasteiger partial charge in [-0.1, -0.05) is 0 Å². The fourth-order valence-electron chi connectivity index (χ4n) is 2.35. The molecular weight excluding hydrogens is 332 g/mol.